The summed E-state index contributed by atoms with van der Waals surface area (Å²) in [4.78, 5) is 2.43. The standard InChI is InChI=1S/C15H31N3/c1-15(2,13-5-4-6-13)12-16-8-7-14-11-18(3)10-9-17-14/h13-14,16-17H,4-12H2,1-3H3. The van der Waals surface area contributed by atoms with Crippen molar-refractivity contribution in [1.29, 1.82) is 0 Å². The van der Waals surface area contributed by atoms with Crippen LogP contribution in [0.3, 0.4) is 0 Å². The molecule has 0 amide bonds. The molecule has 0 aromatic rings. The Morgan fingerprint density at radius 3 is 2.72 bits per heavy atom. The van der Waals surface area contributed by atoms with Gasteiger partial charge in [0.1, 0.15) is 0 Å². The van der Waals surface area contributed by atoms with Gasteiger partial charge in [-0.25, -0.2) is 0 Å². The number of nitrogens with one attached hydrogen (secondary N) is 2. The molecular weight excluding hydrogens is 222 g/mol. The molecule has 1 saturated heterocycles. The second-order valence-electron chi connectivity index (χ2n) is 7.00. The van der Waals surface area contributed by atoms with E-state index in [9.17, 15) is 0 Å². The molecule has 1 aliphatic heterocycles. The number of hydrogen-bond donors (Lipinski definition) is 2. The van der Waals surface area contributed by atoms with E-state index in [-0.39, 0.29) is 0 Å². The summed E-state index contributed by atoms with van der Waals surface area (Å²) < 4.78 is 0. The third kappa shape index (κ3) is 3.94. The first-order valence-electron chi connectivity index (χ1n) is 7.70. The molecule has 1 heterocycles. The Morgan fingerprint density at radius 2 is 2.11 bits per heavy atom. The van der Waals surface area contributed by atoms with Gasteiger partial charge in [0.05, 0.1) is 0 Å². The highest BCUT2D eigenvalue weighted by Crippen LogP contribution is 2.41. The quantitative estimate of drug-likeness (QED) is 0.706. The van der Waals surface area contributed by atoms with Crippen molar-refractivity contribution >= 4 is 0 Å². The van der Waals surface area contributed by atoms with Gasteiger partial charge in [-0.3, -0.25) is 0 Å². The SMILES string of the molecule is CN1CCNC(CCNCC(C)(C)C2CCC2)C1. The maximum Gasteiger partial charge on any atom is 0.0207 e. The molecule has 0 bridgehead atoms. The van der Waals surface area contributed by atoms with Gasteiger partial charge in [-0.15, -0.1) is 0 Å². The molecule has 2 fully saturated rings. The molecule has 2 rings (SSSR count). The number of hydrogen-bond acceptors (Lipinski definition) is 3. The Labute approximate surface area is 113 Å². The van der Waals surface area contributed by atoms with Gasteiger partial charge in [-0.1, -0.05) is 20.3 Å². The van der Waals surface area contributed by atoms with Gasteiger partial charge in [0.25, 0.3) is 0 Å². The Hall–Kier alpha value is -0.120. The van der Waals surface area contributed by atoms with Crippen LogP contribution in [0.25, 0.3) is 0 Å². The normalized spacial score (nSPS) is 27.2. The van der Waals surface area contributed by atoms with Crippen LogP contribution in [0, 0.1) is 11.3 Å². The zero-order valence-electron chi connectivity index (χ0n) is 12.5. The van der Waals surface area contributed by atoms with Crippen molar-refractivity contribution in [1.82, 2.24) is 15.5 Å². The molecule has 1 aliphatic carbocycles. The van der Waals surface area contributed by atoms with Crippen LogP contribution in [-0.4, -0.2) is 50.7 Å². The number of rotatable bonds is 6. The Kier molecular flexibility index (Phi) is 5.05. The summed E-state index contributed by atoms with van der Waals surface area (Å²) in [5.41, 5.74) is 0.495. The van der Waals surface area contributed by atoms with Crippen LogP contribution in [0.5, 0.6) is 0 Å². The fraction of sp³-hybridized carbons (Fsp3) is 1.00. The summed E-state index contributed by atoms with van der Waals surface area (Å²) in [6.07, 6.45) is 5.60. The van der Waals surface area contributed by atoms with Crippen LogP contribution in [0.2, 0.25) is 0 Å². The van der Waals surface area contributed by atoms with Crippen LogP contribution >= 0.6 is 0 Å². The highest BCUT2D eigenvalue weighted by molar-refractivity contribution is 4.86. The number of piperazine rings is 1. The number of likely N-dealkylation sites (N-methyl/N-ethyl adjacent to an activating group) is 1. The van der Waals surface area contributed by atoms with E-state index in [2.05, 4.69) is 36.4 Å². The zero-order valence-corrected chi connectivity index (χ0v) is 12.5. The molecule has 3 heteroatoms. The summed E-state index contributed by atoms with van der Waals surface area (Å²) in [7, 11) is 2.22. The molecule has 0 aromatic heterocycles. The van der Waals surface area contributed by atoms with E-state index in [1.807, 2.05) is 0 Å². The van der Waals surface area contributed by atoms with E-state index in [0.717, 1.165) is 19.0 Å². The van der Waals surface area contributed by atoms with E-state index in [4.69, 9.17) is 0 Å². The van der Waals surface area contributed by atoms with Crippen molar-refractivity contribution in [3.63, 3.8) is 0 Å². The molecule has 1 saturated carbocycles. The van der Waals surface area contributed by atoms with Crippen molar-refractivity contribution in [2.75, 3.05) is 39.8 Å². The van der Waals surface area contributed by atoms with Crippen LogP contribution in [0.15, 0.2) is 0 Å². The fourth-order valence-corrected chi connectivity index (χ4v) is 3.21. The van der Waals surface area contributed by atoms with Gasteiger partial charge in [-0.05, 0) is 44.2 Å². The van der Waals surface area contributed by atoms with Gasteiger partial charge in [-0.2, -0.15) is 0 Å². The molecule has 3 nitrogen and oxygen atoms in total. The van der Waals surface area contributed by atoms with Crippen molar-refractivity contribution in [3.05, 3.63) is 0 Å². The molecule has 106 valence electrons. The lowest BCUT2D eigenvalue weighted by Gasteiger charge is -2.40. The molecule has 18 heavy (non-hydrogen) atoms. The van der Waals surface area contributed by atoms with Gasteiger partial charge >= 0.3 is 0 Å². The minimum absolute atomic E-state index is 0.495. The lowest BCUT2D eigenvalue weighted by Crippen LogP contribution is -2.50. The van der Waals surface area contributed by atoms with Crippen molar-refractivity contribution < 1.29 is 0 Å². The van der Waals surface area contributed by atoms with Crippen LogP contribution in [0.4, 0.5) is 0 Å². The predicted molar refractivity (Wildman–Crippen MR) is 77.9 cm³/mol. The molecule has 2 N–H and O–H groups in total. The second-order valence-corrected chi connectivity index (χ2v) is 7.00. The molecule has 0 aromatic carbocycles. The first-order chi connectivity index (χ1) is 8.58. The molecule has 0 spiro atoms. The smallest absolute Gasteiger partial charge is 0.0207 e. The van der Waals surface area contributed by atoms with E-state index in [1.54, 1.807) is 0 Å². The summed E-state index contributed by atoms with van der Waals surface area (Å²) in [6, 6.07) is 0.683. The average Bonchev–Trinajstić information content (AvgIpc) is 2.21. The fourth-order valence-electron chi connectivity index (χ4n) is 3.21. The van der Waals surface area contributed by atoms with Gasteiger partial charge < -0.3 is 15.5 Å². The molecule has 0 radical (unpaired) electrons. The zero-order chi connectivity index (χ0) is 13.0. The lowest BCUT2D eigenvalue weighted by atomic mass is 9.67. The Balaban J connectivity index is 1.57. The van der Waals surface area contributed by atoms with Crippen LogP contribution < -0.4 is 10.6 Å². The monoisotopic (exact) mass is 253 g/mol. The predicted octanol–water partition coefficient (Wildman–Crippen LogP) is 1.70. The molecule has 1 atom stereocenters. The van der Waals surface area contributed by atoms with Crippen LogP contribution in [0.1, 0.15) is 39.5 Å². The molecular formula is C15H31N3. The van der Waals surface area contributed by atoms with E-state index >= 15 is 0 Å². The van der Waals surface area contributed by atoms with Gasteiger partial charge in [0.15, 0.2) is 0 Å². The first-order valence-corrected chi connectivity index (χ1v) is 7.70. The third-order valence-corrected chi connectivity index (χ3v) is 4.92. The maximum atomic E-state index is 3.68. The van der Waals surface area contributed by atoms with Crippen molar-refractivity contribution in [2.45, 2.75) is 45.6 Å². The highest BCUT2D eigenvalue weighted by atomic mass is 15.2. The largest absolute Gasteiger partial charge is 0.316 e. The average molecular weight is 253 g/mol. The van der Waals surface area contributed by atoms with Gasteiger partial charge in [0.2, 0.25) is 0 Å². The lowest BCUT2D eigenvalue weighted by molar-refractivity contribution is 0.118. The first kappa shape index (κ1) is 14.3. The Morgan fingerprint density at radius 1 is 1.33 bits per heavy atom. The van der Waals surface area contributed by atoms with E-state index in [0.29, 0.717) is 11.5 Å². The van der Waals surface area contributed by atoms with Crippen LogP contribution in [-0.2, 0) is 0 Å². The summed E-state index contributed by atoms with van der Waals surface area (Å²) >= 11 is 0. The molecule has 2 aliphatic rings. The number of nitrogens with zero attached hydrogens (tertiary/aromatic N) is 1. The summed E-state index contributed by atoms with van der Waals surface area (Å²) in [5, 5.41) is 7.29. The molecule has 1 unspecified atom stereocenters. The van der Waals surface area contributed by atoms with Gasteiger partial charge in [0, 0.05) is 32.2 Å². The maximum absolute atomic E-state index is 3.68. The summed E-state index contributed by atoms with van der Waals surface area (Å²) in [5.74, 6) is 0.962. The highest BCUT2D eigenvalue weighted by Gasteiger charge is 2.33. The summed E-state index contributed by atoms with van der Waals surface area (Å²) in [6.45, 7) is 10.7. The Bertz CT molecular complexity index is 248. The topological polar surface area (TPSA) is 27.3 Å². The van der Waals surface area contributed by atoms with Crippen molar-refractivity contribution in [3.8, 4) is 0 Å². The minimum atomic E-state index is 0.495. The minimum Gasteiger partial charge on any atom is -0.316 e. The van der Waals surface area contributed by atoms with E-state index in [1.165, 1.54) is 45.3 Å². The van der Waals surface area contributed by atoms with Crippen molar-refractivity contribution in [2.24, 2.45) is 11.3 Å². The third-order valence-electron chi connectivity index (χ3n) is 4.92. The second kappa shape index (κ2) is 6.36. The van der Waals surface area contributed by atoms with E-state index < -0.39 is 0 Å².